The summed E-state index contributed by atoms with van der Waals surface area (Å²) >= 11 is 0. The molecule has 1 amide bonds. The van der Waals surface area contributed by atoms with Crippen LogP contribution in [-0.2, 0) is 14.8 Å². The summed E-state index contributed by atoms with van der Waals surface area (Å²) in [6.45, 7) is 1.66. The normalized spacial score (nSPS) is 23.4. The fourth-order valence-corrected chi connectivity index (χ4v) is 3.87. The molecule has 2 N–H and O–H groups in total. The maximum Gasteiger partial charge on any atom is 0.285 e. The number of rotatable bonds is 1. The van der Waals surface area contributed by atoms with Gasteiger partial charge in [-0.25, -0.2) is 0 Å². The molecule has 1 fully saturated rings. The van der Waals surface area contributed by atoms with E-state index in [1.54, 1.807) is 30.1 Å². The van der Waals surface area contributed by atoms with Gasteiger partial charge in [-0.2, -0.15) is 8.42 Å². The number of amidine groups is 1. The van der Waals surface area contributed by atoms with Crippen LogP contribution in [0, 0.1) is 0 Å². The topological polar surface area (TPSA) is 90.9 Å². The molecule has 1 aromatic carbocycles. The van der Waals surface area contributed by atoms with Gasteiger partial charge >= 0.3 is 0 Å². The van der Waals surface area contributed by atoms with Crippen LogP contribution in [0.5, 0.6) is 0 Å². The van der Waals surface area contributed by atoms with Crippen molar-refractivity contribution in [3.8, 4) is 0 Å². The van der Waals surface area contributed by atoms with E-state index in [0.29, 0.717) is 31.0 Å². The van der Waals surface area contributed by atoms with Crippen molar-refractivity contribution in [1.29, 1.82) is 0 Å². The number of sulfonamides is 1. The first kappa shape index (κ1) is 14.0. The monoisotopic (exact) mass is 308 g/mol. The van der Waals surface area contributed by atoms with Crippen molar-refractivity contribution in [2.75, 3.05) is 26.7 Å². The van der Waals surface area contributed by atoms with Gasteiger partial charge in [0, 0.05) is 32.2 Å². The summed E-state index contributed by atoms with van der Waals surface area (Å²) in [6, 6.07) is 6.23. The molecule has 0 aliphatic carbocycles. The fraction of sp³-hybridized carbons (Fsp3) is 0.385. The lowest BCUT2D eigenvalue weighted by Crippen LogP contribution is -2.59. The number of carbonyl (C=O) groups is 1. The maximum absolute atomic E-state index is 12.1. The second-order valence-electron chi connectivity index (χ2n) is 4.91. The number of hydrogen-bond acceptors (Lipinski definition) is 5. The van der Waals surface area contributed by atoms with Gasteiger partial charge in [0.25, 0.3) is 10.0 Å². The van der Waals surface area contributed by atoms with Crippen LogP contribution in [0.15, 0.2) is 33.6 Å². The van der Waals surface area contributed by atoms with Crippen LogP contribution >= 0.6 is 0 Å². The molecule has 8 heteroatoms. The second-order valence-corrected chi connectivity index (χ2v) is 6.49. The molecule has 0 aromatic heterocycles. The van der Waals surface area contributed by atoms with Crippen molar-refractivity contribution in [1.82, 2.24) is 15.5 Å². The zero-order valence-electron chi connectivity index (χ0n) is 11.5. The molecule has 21 heavy (non-hydrogen) atoms. The lowest BCUT2D eigenvalue weighted by Gasteiger charge is -2.36. The summed E-state index contributed by atoms with van der Waals surface area (Å²) in [7, 11) is -2.10. The van der Waals surface area contributed by atoms with Crippen molar-refractivity contribution < 1.29 is 13.2 Å². The summed E-state index contributed by atoms with van der Waals surface area (Å²) in [5, 5.41) is 5.75. The van der Waals surface area contributed by atoms with Gasteiger partial charge in [-0.05, 0) is 12.1 Å². The Bertz CT molecular complexity index is 714. The van der Waals surface area contributed by atoms with E-state index in [2.05, 4.69) is 15.0 Å². The van der Waals surface area contributed by atoms with Gasteiger partial charge in [0.15, 0.2) is 5.84 Å². The Labute approximate surface area is 123 Å². The number of piperazine rings is 1. The number of carbonyl (C=O) groups excluding carboxylic acids is 1. The van der Waals surface area contributed by atoms with Gasteiger partial charge in [-0.15, -0.1) is 4.40 Å². The summed E-state index contributed by atoms with van der Waals surface area (Å²) < 4.78 is 28.1. The molecule has 1 saturated heterocycles. The number of amides is 1. The van der Waals surface area contributed by atoms with Gasteiger partial charge in [-0.3, -0.25) is 4.79 Å². The molecule has 112 valence electrons. The summed E-state index contributed by atoms with van der Waals surface area (Å²) in [5.41, 5.74) is 0.563. The quantitative estimate of drug-likeness (QED) is 0.705. The predicted octanol–water partition coefficient (Wildman–Crippen LogP) is -0.845. The highest BCUT2D eigenvalue weighted by molar-refractivity contribution is 7.90. The van der Waals surface area contributed by atoms with Crippen molar-refractivity contribution in [3.05, 3.63) is 29.8 Å². The van der Waals surface area contributed by atoms with Gasteiger partial charge in [0.1, 0.15) is 10.9 Å². The molecule has 2 aliphatic heterocycles. The molecule has 0 bridgehead atoms. The van der Waals surface area contributed by atoms with Crippen LogP contribution in [0.1, 0.15) is 5.56 Å². The Hall–Kier alpha value is -1.93. The molecular weight excluding hydrogens is 292 g/mol. The van der Waals surface area contributed by atoms with Crippen molar-refractivity contribution in [3.63, 3.8) is 0 Å². The zero-order chi connectivity index (χ0) is 15.0. The van der Waals surface area contributed by atoms with E-state index >= 15 is 0 Å². The highest BCUT2D eigenvalue weighted by Crippen LogP contribution is 2.28. The van der Waals surface area contributed by atoms with Crippen molar-refractivity contribution >= 4 is 21.8 Å². The van der Waals surface area contributed by atoms with E-state index in [1.165, 1.54) is 6.07 Å². The minimum absolute atomic E-state index is 0.160. The number of fused-ring (bicyclic) bond motifs is 1. The number of nitrogens with one attached hydrogen (secondary N) is 2. The first-order valence-corrected chi connectivity index (χ1v) is 8.12. The molecular formula is C13H16N4O3S. The lowest BCUT2D eigenvalue weighted by atomic mass is 10.1. The van der Waals surface area contributed by atoms with Crippen LogP contribution in [0.25, 0.3) is 0 Å². The minimum atomic E-state index is -3.67. The third-order valence-corrected chi connectivity index (χ3v) is 5.00. The van der Waals surface area contributed by atoms with Crippen LogP contribution in [0.2, 0.25) is 0 Å². The molecule has 3 rings (SSSR count). The number of hydrogen-bond donors (Lipinski definition) is 2. The van der Waals surface area contributed by atoms with E-state index in [1.807, 2.05) is 0 Å². The molecule has 1 unspecified atom stereocenters. The highest BCUT2D eigenvalue weighted by atomic mass is 32.2. The predicted molar refractivity (Wildman–Crippen MR) is 77.6 cm³/mol. The second kappa shape index (κ2) is 5.12. The number of benzene rings is 1. The largest absolute Gasteiger partial charge is 0.357 e. The van der Waals surface area contributed by atoms with Gasteiger partial charge in [0.05, 0.1) is 0 Å². The molecule has 2 heterocycles. The van der Waals surface area contributed by atoms with Gasteiger partial charge in [-0.1, -0.05) is 12.1 Å². The first-order valence-electron chi connectivity index (χ1n) is 6.68. The maximum atomic E-state index is 12.1. The van der Waals surface area contributed by atoms with E-state index in [9.17, 15) is 13.2 Å². The first-order chi connectivity index (χ1) is 10.0. The van der Waals surface area contributed by atoms with Gasteiger partial charge in [0.2, 0.25) is 5.91 Å². The van der Waals surface area contributed by atoms with Crippen molar-refractivity contribution in [2.24, 2.45) is 4.40 Å². The van der Waals surface area contributed by atoms with E-state index < -0.39 is 16.1 Å². The fourth-order valence-electron chi connectivity index (χ4n) is 2.65. The molecule has 1 aromatic rings. The Morgan fingerprint density at radius 3 is 2.95 bits per heavy atom. The Morgan fingerprint density at radius 2 is 2.19 bits per heavy atom. The molecule has 1 atom stereocenters. The standard InChI is InChI=1S/C13H16N4O3S/c1-14-13(18)10-8-15-6-7-17(10)12-9-4-2-3-5-11(9)21(19,20)16-12/h2-5,10,15H,6-8H2,1H3,(H,14,18). The Morgan fingerprint density at radius 1 is 1.43 bits per heavy atom. The summed E-state index contributed by atoms with van der Waals surface area (Å²) in [5.74, 6) is 0.201. The summed E-state index contributed by atoms with van der Waals surface area (Å²) in [6.07, 6.45) is 0. The SMILES string of the molecule is CNC(=O)C1CNCCN1C1=NS(=O)(=O)c2ccccc21. The van der Waals surface area contributed by atoms with E-state index in [0.717, 1.165) is 0 Å². The van der Waals surface area contributed by atoms with Crippen LogP contribution in [-0.4, -0.2) is 57.8 Å². The summed E-state index contributed by atoms with van der Waals surface area (Å²) in [4.78, 5) is 14.0. The van der Waals surface area contributed by atoms with Crippen molar-refractivity contribution in [2.45, 2.75) is 10.9 Å². The number of likely N-dealkylation sites (N-methyl/N-ethyl adjacent to an activating group) is 1. The Kier molecular flexibility index (Phi) is 3.42. The highest BCUT2D eigenvalue weighted by Gasteiger charge is 2.37. The van der Waals surface area contributed by atoms with E-state index in [4.69, 9.17) is 0 Å². The molecule has 0 spiro atoms. The van der Waals surface area contributed by atoms with Crippen LogP contribution < -0.4 is 10.6 Å². The van der Waals surface area contributed by atoms with Crippen LogP contribution in [0.3, 0.4) is 0 Å². The molecule has 2 aliphatic rings. The smallest absolute Gasteiger partial charge is 0.285 e. The zero-order valence-corrected chi connectivity index (χ0v) is 12.4. The average molecular weight is 308 g/mol. The Balaban J connectivity index is 2.05. The van der Waals surface area contributed by atoms with Gasteiger partial charge < -0.3 is 15.5 Å². The minimum Gasteiger partial charge on any atom is -0.357 e. The van der Waals surface area contributed by atoms with Crippen LogP contribution in [0.4, 0.5) is 0 Å². The molecule has 0 radical (unpaired) electrons. The number of nitrogens with zero attached hydrogens (tertiary/aromatic N) is 2. The molecule has 7 nitrogen and oxygen atoms in total. The third-order valence-electron chi connectivity index (χ3n) is 3.68. The molecule has 0 saturated carbocycles. The third kappa shape index (κ3) is 2.30. The van der Waals surface area contributed by atoms with E-state index in [-0.39, 0.29) is 10.8 Å². The average Bonchev–Trinajstić information content (AvgIpc) is 2.79. The lowest BCUT2D eigenvalue weighted by molar-refractivity contribution is -0.125.